The number of aromatic nitrogens is 1. The van der Waals surface area contributed by atoms with E-state index in [0.717, 1.165) is 18.9 Å². The van der Waals surface area contributed by atoms with Gasteiger partial charge in [-0.2, -0.15) is 0 Å². The zero-order chi connectivity index (χ0) is 14.2. The number of rotatable bonds is 8. The van der Waals surface area contributed by atoms with Crippen molar-refractivity contribution in [2.45, 2.75) is 19.3 Å². The van der Waals surface area contributed by atoms with Crippen LogP contribution in [-0.2, 0) is 4.74 Å². The third kappa shape index (κ3) is 5.05. The number of hydrogen-bond acceptors (Lipinski definition) is 4. The molecular formula is C14H21N3O3. The fraction of sp³-hybridized carbons (Fsp3) is 0.571. The number of urea groups is 1. The Hall–Kier alpha value is -1.82. The van der Waals surface area contributed by atoms with Crippen molar-refractivity contribution in [2.24, 2.45) is 5.92 Å². The zero-order valence-corrected chi connectivity index (χ0v) is 11.7. The average Bonchev–Trinajstić information content (AvgIpc) is 3.27. The van der Waals surface area contributed by atoms with Crippen LogP contribution in [0.15, 0.2) is 18.3 Å². The van der Waals surface area contributed by atoms with Gasteiger partial charge in [-0.05, 0) is 37.3 Å². The summed E-state index contributed by atoms with van der Waals surface area (Å²) in [6, 6.07) is 3.21. The van der Waals surface area contributed by atoms with Crippen molar-refractivity contribution in [1.29, 1.82) is 0 Å². The van der Waals surface area contributed by atoms with Crippen LogP contribution in [0.5, 0.6) is 5.88 Å². The first-order valence-electron chi connectivity index (χ1n) is 6.91. The quantitative estimate of drug-likeness (QED) is 0.714. The van der Waals surface area contributed by atoms with E-state index in [9.17, 15) is 4.79 Å². The smallest absolute Gasteiger partial charge is 0.319 e. The Bertz CT molecular complexity index is 435. The van der Waals surface area contributed by atoms with E-state index in [4.69, 9.17) is 9.47 Å². The second-order valence-corrected chi connectivity index (χ2v) is 4.81. The van der Waals surface area contributed by atoms with Gasteiger partial charge in [0.15, 0.2) is 0 Å². The van der Waals surface area contributed by atoms with Gasteiger partial charge in [0.2, 0.25) is 5.88 Å². The Balaban J connectivity index is 1.59. The molecule has 0 unspecified atom stereocenters. The lowest BCUT2D eigenvalue weighted by molar-refractivity contribution is 0.122. The standard InChI is InChI=1S/C14H21N3O3/c1-19-13-12(4-2-7-15-13)17-14(18)16-8-3-9-20-10-11-5-6-11/h2,4,7,11H,3,5-6,8-10H2,1H3,(H2,16,17,18). The fourth-order valence-electron chi connectivity index (χ4n) is 1.73. The number of anilines is 1. The summed E-state index contributed by atoms with van der Waals surface area (Å²) in [6.45, 7) is 2.13. The summed E-state index contributed by atoms with van der Waals surface area (Å²) in [5.74, 6) is 1.18. The number of nitrogens with one attached hydrogen (secondary N) is 2. The van der Waals surface area contributed by atoms with Crippen LogP contribution in [-0.4, -0.2) is 37.9 Å². The number of carbonyl (C=O) groups is 1. The molecule has 2 rings (SSSR count). The van der Waals surface area contributed by atoms with E-state index in [2.05, 4.69) is 15.6 Å². The molecule has 110 valence electrons. The van der Waals surface area contributed by atoms with Crippen LogP contribution in [0.4, 0.5) is 10.5 Å². The lowest BCUT2D eigenvalue weighted by atomic mass is 10.4. The van der Waals surface area contributed by atoms with Gasteiger partial charge in [0.1, 0.15) is 5.69 Å². The third-order valence-corrected chi connectivity index (χ3v) is 3.01. The van der Waals surface area contributed by atoms with E-state index in [0.29, 0.717) is 24.7 Å². The molecule has 0 aromatic carbocycles. The molecule has 1 aromatic heterocycles. The summed E-state index contributed by atoms with van der Waals surface area (Å²) in [5.41, 5.74) is 0.553. The van der Waals surface area contributed by atoms with Gasteiger partial charge in [0, 0.05) is 26.0 Å². The highest BCUT2D eigenvalue weighted by molar-refractivity contribution is 5.90. The van der Waals surface area contributed by atoms with Crippen LogP contribution < -0.4 is 15.4 Å². The molecule has 2 N–H and O–H groups in total. The highest BCUT2D eigenvalue weighted by Gasteiger charge is 2.20. The number of nitrogens with zero attached hydrogens (tertiary/aromatic N) is 1. The molecule has 6 heteroatoms. The maximum atomic E-state index is 11.7. The van der Waals surface area contributed by atoms with E-state index in [1.54, 1.807) is 18.3 Å². The minimum Gasteiger partial charge on any atom is -0.480 e. The molecule has 0 aliphatic heterocycles. The van der Waals surface area contributed by atoms with Gasteiger partial charge < -0.3 is 20.1 Å². The van der Waals surface area contributed by atoms with Crippen LogP contribution in [0.25, 0.3) is 0 Å². The SMILES string of the molecule is COc1ncccc1NC(=O)NCCCOCC1CC1. The van der Waals surface area contributed by atoms with Gasteiger partial charge in [-0.3, -0.25) is 0 Å². The highest BCUT2D eigenvalue weighted by Crippen LogP contribution is 2.28. The zero-order valence-electron chi connectivity index (χ0n) is 11.7. The predicted octanol–water partition coefficient (Wildman–Crippen LogP) is 2.03. The Morgan fingerprint density at radius 1 is 1.50 bits per heavy atom. The lowest BCUT2D eigenvalue weighted by Gasteiger charge is -2.10. The van der Waals surface area contributed by atoms with Crippen LogP contribution in [0.2, 0.25) is 0 Å². The third-order valence-electron chi connectivity index (χ3n) is 3.01. The van der Waals surface area contributed by atoms with Gasteiger partial charge in [-0.1, -0.05) is 0 Å². The fourth-order valence-corrected chi connectivity index (χ4v) is 1.73. The summed E-state index contributed by atoms with van der Waals surface area (Å²) in [4.78, 5) is 15.7. The van der Waals surface area contributed by atoms with E-state index < -0.39 is 0 Å². The lowest BCUT2D eigenvalue weighted by Crippen LogP contribution is -2.30. The molecule has 1 aliphatic carbocycles. The Morgan fingerprint density at radius 3 is 3.10 bits per heavy atom. The van der Waals surface area contributed by atoms with E-state index in [-0.39, 0.29) is 6.03 Å². The van der Waals surface area contributed by atoms with Crippen molar-refractivity contribution < 1.29 is 14.3 Å². The monoisotopic (exact) mass is 279 g/mol. The number of methoxy groups -OCH3 is 1. The first-order valence-corrected chi connectivity index (χ1v) is 6.91. The van der Waals surface area contributed by atoms with Crippen molar-refractivity contribution >= 4 is 11.7 Å². The van der Waals surface area contributed by atoms with Gasteiger partial charge >= 0.3 is 6.03 Å². The van der Waals surface area contributed by atoms with Gasteiger partial charge in [-0.15, -0.1) is 0 Å². The van der Waals surface area contributed by atoms with Crippen LogP contribution in [0.1, 0.15) is 19.3 Å². The second-order valence-electron chi connectivity index (χ2n) is 4.81. The summed E-state index contributed by atoms with van der Waals surface area (Å²) < 4.78 is 10.6. The van der Waals surface area contributed by atoms with Gasteiger partial charge in [-0.25, -0.2) is 9.78 Å². The van der Waals surface area contributed by atoms with Crippen molar-refractivity contribution in [3.8, 4) is 5.88 Å². The maximum absolute atomic E-state index is 11.7. The number of hydrogen-bond donors (Lipinski definition) is 2. The average molecular weight is 279 g/mol. The molecule has 0 saturated heterocycles. The normalized spacial score (nSPS) is 13.8. The predicted molar refractivity (Wildman–Crippen MR) is 76.0 cm³/mol. The van der Waals surface area contributed by atoms with Crippen molar-refractivity contribution in [3.63, 3.8) is 0 Å². The number of carbonyl (C=O) groups excluding carboxylic acids is 1. The number of pyridine rings is 1. The summed E-state index contributed by atoms with van der Waals surface area (Å²) in [6.07, 6.45) is 5.02. The molecular weight excluding hydrogens is 258 g/mol. The number of ether oxygens (including phenoxy) is 2. The van der Waals surface area contributed by atoms with Crippen molar-refractivity contribution in [2.75, 3.05) is 32.2 Å². The summed E-state index contributed by atoms with van der Waals surface area (Å²) in [5, 5.41) is 5.48. The molecule has 0 atom stereocenters. The number of amides is 2. The maximum Gasteiger partial charge on any atom is 0.319 e. The van der Waals surface area contributed by atoms with Crippen LogP contribution in [0.3, 0.4) is 0 Å². The van der Waals surface area contributed by atoms with Crippen LogP contribution in [0, 0.1) is 5.92 Å². The molecule has 2 amide bonds. The van der Waals surface area contributed by atoms with Crippen LogP contribution >= 0.6 is 0 Å². The summed E-state index contributed by atoms with van der Waals surface area (Å²) in [7, 11) is 1.52. The minimum atomic E-state index is -0.265. The molecule has 1 aromatic rings. The summed E-state index contributed by atoms with van der Waals surface area (Å²) >= 11 is 0. The molecule has 1 fully saturated rings. The topological polar surface area (TPSA) is 72.5 Å². The van der Waals surface area contributed by atoms with E-state index in [1.807, 2.05) is 0 Å². The molecule has 0 bridgehead atoms. The van der Waals surface area contributed by atoms with Crippen molar-refractivity contribution in [3.05, 3.63) is 18.3 Å². The first-order chi connectivity index (χ1) is 9.79. The molecule has 1 aliphatic rings. The van der Waals surface area contributed by atoms with Crippen molar-refractivity contribution in [1.82, 2.24) is 10.3 Å². The molecule has 0 spiro atoms. The second kappa shape index (κ2) is 7.69. The minimum absolute atomic E-state index is 0.265. The molecule has 1 saturated carbocycles. The molecule has 20 heavy (non-hydrogen) atoms. The highest BCUT2D eigenvalue weighted by atomic mass is 16.5. The first kappa shape index (κ1) is 14.6. The molecule has 0 radical (unpaired) electrons. The van der Waals surface area contributed by atoms with Gasteiger partial charge in [0.05, 0.1) is 7.11 Å². The molecule has 6 nitrogen and oxygen atoms in total. The largest absolute Gasteiger partial charge is 0.480 e. The van der Waals surface area contributed by atoms with E-state index >= 15 is 0 Å². The molecule has 1 heterocycles. The van der Waals surface area contributed by atoms with E-state index in [1.165, 1.54) is 20.0 Å². The Morgan fingerprint density at radius 2 is 2.35 bits per heavy atom. The Labute approximate surface area is 118 Å². The van der Waals surface area contributed by atoms with Gasteiger partial charge in [0.25, 0.3) is 0 Å². The Kier molecular flexibility index (Phi) is 5.61.